The number of rotatable bonds is 2. The van der Waals surface area contributed by atoms with Crippen molar-refractivity contribution >= 4 is 0 Å². The predicted octanol–water partition coefficient (Wildman–Crippen LogP) is 2.76. The number of aromatic nitrogens is 1. The molecule has 0 saturated heterocycles. The molecule has 0 unspecified atom stereocenters. The highest BCUT2D eigenvalue weighted by molar-refractivity contribution is 5.18. The van der Waals surface area contributed by atoms with E-state index >= 15 is 0 Å². The van der Waals surface area contributed by atoms with Crippen LogP contribution in [-0.2, 0) is 5.54 Å². The Labute approximate surface area is 91.9 Å². The van der Waals surface area contributed by atoms with Crippen LogP contribution in [0.5, 0.6) is 0 Å². The van der Waals surface area contributed by atoms with Crippen LogP contribution in [0.1, 0.15) is 43.5 Å². The van der Waals surface area contributed by atoms with Gasteiger partial charge in [0.1, 0.15) is 0 Å². The lowest BCUT2D eigenvalue weighted by Gasteiger charge is -2.39. The molecular formula is C13H21NO. The summed E-state index contributed by atoms with van der Waals surface area (Å²) in [5.74, 6) is 0. The third-order valence-electron chi connectivity index (χ3n) is 3.82. The van der Waals surface area contributed by atoms with Gasteiger partial charge in [0.25, 0.3) is 0 Å². The van der Waals surface area contributed by atoms with E-state index in [0.717, 1.165) is 12.8 Å². The summed E-state index contributed by atoms with van der Waals surface area (Å²) in [6.07, 6.45) is 6.07. The second-order valence-corrected chi connectivity index (χ2v) is 4.89. The Kier molecular flexibility index (Phi) is 2.87. The van der Waals surface area contributed by atoms with Crippen LogP contribution < -0.4 is 0 Å². The average molecular weight is 207 g/mol. The minimum Gasteiger partial charge on any atom is -0.394 e. The van der Waals surface area contributed by atoms with E-state index in [1.165, 1.54) is 30.7 Å². The molecule has 0 amide bonds. The molecule has 2 rings (SSSR count). The van der Waals surface area contributed by atoms with Crippen LogP contribution in [0.15, 0.2) is 12.1 Å². The van der Waals surface area contributed by atoms with Crippen molar-refractivity contribution in [2.24, 2.45) is 0 Å². The van der Waals surface area contributed by atoms with E-state index in [0.29, 0.717) is 0 Å². The fourth-order valence-electron chi connectivity index (χ4n) is 3.08. The van der Waals surface area contributed by atoms with Crippen LogP contribution >= 0.6 is 0 Å². The molecule has 0 spiro atoms. The van der Waals surface area contributed by atoms with Crippen molar-refractivity contribution < 1.29 is 5.11 Å². The fourth-order valence-corrected chi connectivity index (χ4v) is 3.08. The molecule has 1 aromatic heterocycles. The number of aliphatic hydroxyl groups excluding tert-OH is 1. The summed E-state index contributed by atoms with van der Waals surface area (Å²) in [7, 11) is 0. The van der Waals surface area contributed by atoms with E-state index in [-0.39, 0.29) is 12.1 Å². The molecule has 2 heteroatoms. The first-order chi connectivity index (χ1) is 7.19. The Hall–Kier alpha value is -0.760. The normalized spacial score (nSPS) is 20.5. The van der Waals surface area contributed by atoms with Gasteiger partial charge in [0, 0.05) is 11.4 Å². The maximum Gasteiger partial charge on any atom is 0.0675 e. The van der Waals surface area contributed by atoms with Gasteiger partial charge in [0.15, 0.2) is 0 Å². The van der Waals surface area contributed by atoms with Gasteiger partial charge in [-0.25, -0.2) is 0 Å². The standard InChI is InChI=1S/C13H21NO/c1-11-6-7-12(2)14(11)13(10-15)8-4-3-5-9-13/h6-7,15H,3-5,8-10H2,1-2H3. The van der Waals surface area contributed by atoms with E-state index in [9.17, 15) is 5.11 Å². The van der Waals surface area contributed by atoms with Crippen LogP contribution in [0.4, 0.5) is 0 Å². The molecule has 0 aromatic carbocycles. The Morgan fingerprint density at radius 1 is 1.13 bits per heavy atom. The van der Waals surface area contributed by atoms with Gasteiger partial charge >= 0.3 is 0 Å². The molecule has 2 nitrogen and oxygen atoms in total. The highest BCUT2D eigenvalue weighted by atomic mass is 16.3. The maximum absolute atomic E-state index is 9.74. The predicted molar refractivity (Wildman–Crippen MR) is 62.1 cm³/mol. The highest BCUT2D eigenvalue weighted by Crippen LogP contribution is 2.36. The van der Waals surface area contributed by atoms with Crippen LogP contribution in [-0.4, -0.2) is 16.3 Å². The lowest BCUT2D eigenvalue weighted by atomic mass is 9.81. The van der Waals surface area contributed by atoms with E-state index in [1.54, 1.807) is 0 Å². The summed E-state index contributed by atoms with van der Waals surface area (Å²) >= 11 is 0. The molecule has 1 aliphatic rings. The Bertz CT molecular complexity index is 315. The van der Waals surface area contributed by atoms with E-state index < -0.39 is 0 Å². The van der Waals surface area contributed by atoms with E-state index in [4.69, 9.17) is 0 Å². The van der Waals surface area contributed by atoms with Crippen molar-refractivity contribution in [2.45, 2.75) is 51.5 Å². The maximum atomic E-state index is 9.74. The van der Waals surface area contributed by atoms with Crippen molar-refractivity contribution in [2.75, 3.05) is 6.61 Å². The number of hydrogen-bond acceptors (Lipinski definition) is 1. The van der Waals surface area contributed by atoms with Gasteiger partial charge in [0.2, 0.25) is 0 Å². The molecule has 1 fully saturated rings. The summed E-state index contributed by atoms with van der Waals surface area (Å²) < 4.78 is 2.35. The van der Waals surface area contributed by atoms with Gasteiger partial charge < -0.3 is 9.67 Å². The van der Waals surface area contributed by atoms with Crippen molar-refractivity contribution in [3.8, 4) is 0 Å². The molecule has 84 valence electrons. The SMILES string of the molecule is Cc1ccc(C)n1C1(CO)CCCCC1. The summed E-state index contributed by atoms with van der Waals surface area (Å²) in [6.45, 7) is 4.56. The zero-order valence-electron chi connectivity index (χ0n) is 9.79. The number of aryl methyl sites for hydroxylation is 2. The van der Waals surface area contributed by atoms with Crippen molar-refractivity contribution in [3.05, 3.63) is 23.5 Å². The van der Waals surface area contributed by atoms with Crippen molar-refractivity contribution in [1.82, 2.24) is 4.57 Å². The molecule has 0 aliphatic heterocycles. The van der Waals surface area contributed by atoms with Crippen LogP contribution in [0.3, 0.4) is 0 Å². The summed E-state index contributed by atoms with van der Waals surface area (Å²) in [6, 6.07) is 4.31. The lowest BCUT2D eigenvalue weighted by molar-refractivity contribution is 0.0874. The molecule has 0 radical (unpaired) electrons. The molecule has 1 aromatic rings. The Morgan fingerprint density at radius 2 is 1.67 bits per heavy atom. The van der Waals surface area contributed by atoms with Crippen LogP contribution in [0.2, 0.25) is 0 Å². The molecule has 0 bridgehead atoms. The van der Waals surface area contributed by atoms with Crippen molar-refractivity contribution in [1.29, 1.82) is 0 Å². The average Bonchev–Trinajstić information content (AvgIpc) is 2.60. The van der Waals surface area contributed by atoms with E-state index in [2.05, 4.69) is 30.5 Å². The van der Waals surface area contributed by atoms with Gasteiger partial charge in [-0.05, 0) is 38.8 Å². The first-order valence-electron chi connectivity index (χ1n) is 5.96. The number of aliphatic hydroxyl groups is 1. The second-order valence-electron chi connectivity index (χ2n) is 4.89. The van der Waals surface area contributed by atoms with E-state index in [1.807, 2.05) is 0 Å². The quantitative estimate of drug-likeness (QED) is 0.792. The van der Waals surface area contributed by atoms with Gasteiger partial charge in [-0.15, -0.1) is 0 Å². The van der Waals surface area contributed by atoms with Gasteiger partial charge in [0.05, 0.1) is 12.1 Å². The molecule has 1 N–H and O–H groups in total. The molecule has 1 heterocycles. The molecular weight excluding hydrogens is 186 g/mol. The zero-order valence-corrected chi connectivity index (χ0v) is 9.79. The second kappa shape index (κ2) is 4.01. The summed E-state index contributed by atoms with van der Waals surface area (Å²) in [4.78, 5) is 0. The smallest absolute Gasteiger partial charge is 0.0675 e. The molecule has 1 saturated carbocycles. The minimum absolute atomic E-state index is 0.00405. The Balaban J connectivity index is 2.40. The molecule has 15 heavy (non-hydrogen) atoms. The first kappa shape index (κ1) is 10.7. The summed E-state index contributed by atoms with van der Waals surface area (Å²) in [5, 5.41) is 9.74. The highest BCUT2D eigenvalue weighted by Gasteiger charge is 2.34. The van der Waals surface area contributed by atoms with Gasteiger partial charge in [-0.2, -0.15) is 0 Å². The van der Waals surface area contributed by atoms with Gasteiger partial charge in [-0.1, -0.05) is 19.3 Å². The third-order valence-corrected chi connectivity index (χ3v) is 3.82. The van der Waals surface area contributed by atoms with Crippen molar-refractivity contribution in [3.63, 3.8) is 0 Å². The zero-order chi connectivity index (χ0) is 10.9. The monoisotopic (exact) mass is 207 g/mol. The Morgan fingerprint density at radius 3 is 2.13 bits per heavy atom. The van der Waals surface area contributed by atoms with Gasteiger partial charge in [-0.3, -0.25) is 0 Å². The minimum atomic E-state index is -0.00405. The van der Waals surface area contributed by atoms with Crippen LogP contribution in [0.25, 0.3) is 0 Å². The summed E-state index contributed by atoms with van der Waals surface area (Å²) in [5.41, 5.74) is 2.56. The molecule has 1 aliphatic carbocycles. The topological polar surface area (TPSA) is 25.2 Å². The fraction of sp³-hybridized carbons (Fsp3) is 0.692. The lowest BCUT2D eigenvalue weighted by Crippen LogP contribution is -2.40. The van der Waals surface area contributed by atoms with Crippen LogP contribution in [0, 0.1) is 13.8 Å². The third kappa shape index (κ3) is 1.71. The first-order valence-corrected chi connectivity index (χ1v) is 5.96. The number of hydrogen-bond donors (Lipinski definition) is 1. The number of nitrogens with zero attached hydrogens (tertiary/aromatic N) is 1. The molecule has 0 atom stereocenters. The largest absolute Gasteiger partial charge is 0.394 e.